The van der Waals surface area contributed by atoms with Crippen LogP contribution in [0.1, 0.15) is 36.1 Å². The van der Waals surface area contributed by atoms with E-state index in [1.807, 2.05) is 29.3 Å². The van der Waals surface area contributed by atoms with Crippen molar-refractivity contribution in [3.8, 4) is 11.5 Å². The fourth-order valence-electron chi connectivity index (χ4n) is 5.18. The average molecular weight is 466 g/mol. The molecule has 2 fully saturated rings. The third-order valence-electron chi connectivity index (χ3n) is 7.56. The second kappa shape index (κ2) is 10.2. The number of rotatable bonds is 6. The number of anilines is 1. The van der Waals surface area contributed by atoms with E-state index < -0.39 is 0 Å². The average Bonchev–Trinajstić information content (AvgIpc) is 3.05. The fourth-order valence-corrected chi connectivity index (χ4v) is 5.18. The number of hydrogen-bond acceptors (Lipinski definition) is 7. The van der Waals surface area contributed by atoms with E-state index in [0.29, 0.717) is 31.0 Å². The lowest BCUT2D eigenvalue weighted by Gasteiger charge is -2.43. The zero-order chi connectivity index (χ0) is 23.5. The van der Waals surface area contributed by atoms with E-state index in [2.05, 4.69) is 9.80 Å². The molecule has 0 unspecified atom stereocenters. The highest BCUT2D eigenvalue weighted by atomic mass is 16.5. The van der Waals surface area contributed by atoms with Gasteiger partial charge in [-0.1, -0.05) is 12.5 Å². The molecule has 0 atom stereocenters. The van der Waals surface area contributed by atoms with Gasteiger partial charge in [0.05, 0.1) is 26.3 Å². The van der Waals surface area contributed by atoms with Gasteiger partial charge in [-0.15, -0.1) is 0 Å². The van der Waals surface area contributed by atoms with Crippen LogP contribution in [-0.2, 0) is 24.1 Å². The van der Waals surface area contributed by atoms with Gasteiger partial charge in [0.1, 0.15) is 0 Å². The normalized spacial score (nSPS) is 19.2. The van der Waals surface area contributed by atoms with Crippen LogP contribution in [0.3, 0.4) is 0 Å². The van der Waals surface area contributed by atoms with E-state index in [1.54, 1.807) is 14.2 Å². The number of ether oxygens (including phenoxy) is 2. The van der Waals surface area contributed by atoms with E-state index in [4.69, 9.17) is 19.4 Å². The molecule has 1 saturated heterocycles. The van der Waals surface area contributed by atoms with E-state index in [-0.39, 0.29) is 5.91 Å². The predicted octanol–water partition coefficient (Wildman–Crippen LogP) is 2.34. The number of methoxy groups -OCH3 is 2. The summed E-state index contributed by atoms with van der Waals surface area (Å²) in [6.45, 7) is 5.57. The van der Waals surface area contributed by atoms with Crippen molar-refractivity contribution in [3.05, 3.63) is 41.2 Å². The van der Waals surface area contributed by atoms with Crippen LogP contribution in [0.15, 0.2) is 24.4 Å². The van der Waals surface area contributed by atoms with Crippen molar-refractivity contribution in [2.45, 2.75) is 44.6 Å². The van der Waals surface area contributed by atoms with Crippen molar-refractivity contribution in [2.75, 3.05) is 58.4 Å². The molecule has 0 N–H and O–H groups in total. The zero-order valence-electron chi connectivity index (χ0n) is 20.3. The molecule has 3 heterocycles. The van der Waals surface area contributed by atoms with Crippen molar-refractivity contribution >= 4 is 11.9 Å². The Morgan fingerprint density at radius 2 is 1.76 bits per heavy atom. The first-order chi connectivity index (χ1) is 16.6. The minimum Gasteiger partial charge on any atom is -0.493 e. The smallest absolute Gasteiger partial charge is 0.227 e. The van der Waals surface area contributed by atoms with Gasteiger partial charge in [-0.2, -0.15) is 0 Å². The lowest BCUT2D eigenvalue weighted by atomic mass is 9.91. The highest BCUT2D eigenvalue weighted by molar-refractivity contribution is 5.79. The molecule has 8 heteroatoms. The molecule has 1 aromatic heterocycles. The number of carbonyl (C=O) groups is 1. The molecular formula is C26H35N5O3. The van der Waals surface area contributed by atoms with Gasteiger partial charge in [-0.25, -0.2) is 9.97 Å². The molecule has 8 nitrogen and oxygen atoms in total. The minimum absolute atomic E-state index is 0.125. The number of fused-ring (bicyclic) bond motifs is 1. The Morgan fingerprint density at radius 1 is 1.00 bits per heavy atom. The molecule has 5 rings (SSSR count). The molecule has 182 valence electrons. The molecule has 3 aliphatic rings. The van der Waals surface area contributed by atoms with E-state index in [1.165, 1.54) is 24.8 Å². The Balaban J connectivity index is 1.19. The van der Waals surface area contributed by atoms with Gasteiger partial charge in [-0.05, 0) is 42.5 Å². The van der Waals surface area contributed by atoms with Crippen molar-refractivity contribution < 1.29 is 14.3 Å². The highest BCUT2D eigenvalue weighted by Crippen LogP contribution is 2.28. The van der Waals surface area contributed by atoms with Crippen LogP contribution in [0.25, 0.3) is 0 Å². The van der Waals surface area contributed by atoms with E-state index in [9.17, 15) is 4.79 Å². The number of carbonyl (C=O) groups excluding carboxylic acids is 1. The Morgan fingerprint density at radius 3 is 2.47 bits per heavy atom. The molecule has 1 aromatic carbocycles. The van der Waals surface area contributed by atoms with E-state index >= 15 is 0 Å². The number of piperazine rings is 1. The fraction of sp³-hybridized carbons (Fsp3) is 0.577. The summed E-state index contributed by atoms with van der Waals surface area (Å²) in [5, 5.41) is 0. The number of hydrogen-bond donors (Lipinski definition) is 0. The van der Waals surface area contributed by atoms with Crippen LogP contribution in [0.5, 0.6) is 11.5 Å². The first-order valence-corrected chi connectivity index (χ1v) is 12.5. The molecule has 1 saturated carbocycles. The second-order valence-corrected chi connectivity index (χ2v) is 9.50. The maximum atomic E-state index is 13.1. The number of nitrogens with zero attached hydrogens (tertiary/aromatic N) is 5. The molecule has 2 aromatic rings. The van der Waals surface area contributed by atoms with Gasteiger partial charge >= 0.3 is 0 Å². The first-order valence-electron chi connectivity index (χ1n) is 12.5. The maximum absolute atomic E-state index is 13.1. The second-order valence-electron chi connectivity index (χ2n) is 9.50. The van der Waals surface area contributed by atoms with Crippen molar-refractivity contribution in [1.29, 1.82) is 0 Å². The van der Waals surface area contributed by atoms with Crippen molar-refractivity contribution in [1.82, 2.24) is 19.8 Å². The Bertz CT molecular complexity index is 1020. The van der Waals surface area contributed by atoms with Gasteiger partial charge in [0.2, 0.25) is 11.9 Å². The number of amides is 1. The van der Waals surface area contributed by atoms with E-state index in [0.717, 1.165) is 62.3 Å². The van der Waals surface area contributed by atoms with Crippen LogP contribution in [-0.4, -0.2) is 85.2 Å². The largest absolute Gasteiger partial charge is 0.493 e. The molecule has 2 aliphatic heterocycles. The van der Waals surface area contributed by atoms with Gasteiger partial charge in [0.15, 0.2) is 11.5 Å². The molecule has 0 spiro atoms. The summed E-state index contributed by atoms with van der Waals surface area (Å²) in [7, 11) is 3.22. The van der Waals surface area contributed by atoms with Gasteiger partial charge in [-0.3, -0.25) is 9.69 Å². The molecule has 1 amide bonds. The highest BCUT2D eigenvalue weighted by Gasteiger charge is 2.29. The molecular weight excluding hydrogens is 430 g/mol. The number of aromatic nitrogens is 2. The molecule has 0 radical (unpaired) electrons. The van der Waals surface area contributed by atoms with Gasteiger partial charge in [0.25, 0.3) is 0 Å². The molecule has 34 heavy (non-hydrogen) atoms. The predicted molar refractivity (Wildman–Crippen MR) is 131 cm³/mol. The SMILES string of the molecule is COc1ccc(CC(=O)N2CCc3cnc(N4CCN(C5CCC5)CC4)nc3CC2)cc1OC. The zero-order valence-corrected chi connectivity index (χ0v) is 20.3. The van der Waals surface area contributed by atoms with Crippen LogP contribution >= 0.6 is 0 Å². The Kier molecular flexibility index (Phi) is 6.85. The molecule has 1 aliphatic carbocycles. The van der Waals surface area contributed by atoms with Crippen LogP contribution in [0.2, 0.25) is 0 Å². The van der Waals surface area contributed by atoms with Crippen LogP contribution in [0, 0.1) is 0 Å². The summed E-state index contributed by atoms with van der Waals surface area (Å²) in [6, 6.07) is 6.46. The lowest BCUT2D eigenvalue weighted by Crippen LogP contribution is -2.52. The maximum Gasteiger partial charge on any atom is 0.227 e. The van der Waals surface area contributed by atoms with Crippen LogP contribution < -0.4 is 14.4 Å². The summed E-state index contributed by atoms with van der Waals surface area (Å²) >= 11 is 0. The monoisotopic (exact) mass is 465 g/mol. The summed E-state index contributed by atoms with van der Waals surface area (Å²) in [5.74, 6) is 2.28. The summed E-state index contributed by atoms with van der Waals surface area (Å²) in [5.41, 5.74) is 3.18. The van der Waals surface area contributed by atoms with Crippen molar-refractivity contribution in [2.24, 2.45) is 0 Å². The standard InChI is InChI=1S/C26H35N5O3/c1-33-23-7-6-19(16-24(23)34-2)17-25(32)30-10-8-20-18-27-26(28-22(20)9-11-30)31-14-12-29(13-15-31)21-4-3-5-21/h6-7,16,18,21H,3-5,8-15,17H2,1-2H3. The number of benzene rings is 1. The van der Waals surface area contributed by atoms with Crippen molar-refractivity contribution in [3.63, 3.8) is 0 Å². The quantitative estimate of drug-likeness (QED) is 0.649. The minimum atomic E-state index is 0.125. The summed E-state index contributed by atoms with van der Waals surface area (Å²) in [6.07, 6.45) is 7.99. The molecule has 0 bridgehead atoms. The third kappa shape index (κ3) is 4.82. The Labute approximate surface area is 201 Å². The Hall–Kier alpha value is -2.87. The van der Waals surface area contributed by atoms with Crippen LogP contribution in [0.4, 0.5) is 5.95 Å². The lowest BCUT2D eigenvalue weighted by molar-refractivity contribution is -0.130. The summed E-state index contributed by atoms with van der Waals surface area (Å²) in [4.78, 5) is 29.6. The topological polar surface area (TPSA) is 71.0 Å². The van der Waals surface area contributed by atoms with Gasteiger partial charge < -0.3 is 19.3 Å². The third-order valence-corrected chi connectivity index (χ3v) is 7.56. The first kappa shape index (κ1) is 22.9. The summed E-state index contributed by atoms with van der Waals surface area (Å²) < 4.78 is 10.7. The van der Waals surface area contributed by atoms with Gasteiger partial charge in [0, 0.05) is 57.9 Å².